The molecular formula is C19H20N2O2. The summed E-state index contributed by atoms with van der Waals surface area (Å²) in [5, 5.41) is 11.4. The highest BCUT2D eigenvalue weighted by molar-refractivity contribution is 5.87. The fraction of sp³-hybridized carbons (Fsp3) is 0.368. The van der Waals surface area contributed by atoms with Gasteiger partial charge in [-0.05, 0) is 46.6 Å². The lowest BCUT2D eigenvalue weighted by Gasteiger charge is -2.39. The van der Waals surface area contributed by atoms with Crippen molar-refractivity contribution in [2.75, 3.05) is 18.5 Å². The number of hydrogen-bond donors (Lipinski definition) is 0. The Morgan fingerprint density at radius 2 is 1.96 bits per heavy atom. The molecule has 23 heavy (non-hydrogen) atoms. The Labute approximate surface area is 135 Å². The van der Waals surface area contributed by atoms with Gasteiger partial charge in [-0.3, -0.25) is 10.1 Å². The summed E-state index contributed by atoms with van der Waals surface area (Å²) in [4.78, 5) is 13.5. The molecule has 0 radical (unpaired) electrons. The van der Waals surface area contributed by atoms with Crippen LogP contribution in [0.4, 0.5) is 11.4 Å². The molecule has 4 rings (SSSR count). The van der Waals surface area contributed by atoms with Crippen molar-refractivity contribution in [2.45, 2.75) is 26.7 Å². The zero-order valence-electron chi connectivity index (χ0n) is 13.7. The van der Waals surface area contributed by atoms with Crippen molar-refractivity contribution >= 4 is 11.4 Å². The summed E-state index contributed by atoms with van der Waals surface area (Å²) < 4.78 is 0. The summed E-state index contributed by atoms with van der Waals surface area (Å²) in [5.74, 6) is 0. The summed E-state index contributed by atoms with van der Waals surface area (Å²) in [6.07, 6.45) is 1.83. The molecule has 2 aromatic rings. The fourth-order valence-electron chi connectivity index (χ4n) is 4.32. The van der Waals surface area contributed by atoms with E-state index < -0.39 is 0 Å². The van der Waals surface area contributed by atoms with Gasteiger partial charge in [0.2, 0.25) is 0 Å². The fourth-order valence-corrected chi connectivity index (χ4v) is 4.32. The average Bonchev–Trinajstić information content (AvgIpc) is 2.85. The van der Waals surface area contributed by atoms with Crippen LogP contribution in [0.5, 0.6) is 0 Å². The first-order valence-corrected chi connectivity index (χ1v) is 8.00. The molecule has 0 amide bonds. The molecule has 1 aliphatic heterocycles. The lowest BCUT2D eigenvalue weighted by molar-refractivity contribution is -0.384. The van der Waals surface area contributed by atoms with Crippen molar-refractivity contribution in [2.24, 2.45) is 5.41 Å². The van der Waals surface area contributed by atoms with Gasteiger partial charge in [-0.2, -0.15) is 0 Å². The number of anilines is 1. The number of rotatable bonds is 1. The molecule has 118 valence electrons. The Morgan fingerprint density at radius 1 is 1.17 bits per heavy atom. The van der Waals surface area contributed by atoms with Gasteiger partial charge in [0.05, 0.1) is 10.5 Å². The zero-order chi connectivity index (χ0) is 16.4. The van der Waals surface area contributed by atoms with Crippen LogP contribution in [-0.4, -0.2) is 18.5 Å². The van der Waals surface area contributed by atoms with Crippen LogP contribution in [0.25, 0.3) is 11.1 Å². The van der Waals surface area contributed by atoms with Gasteiger partial charge in [0.1, 0.15) is 0 Å². The van der Waals surface area contributed by atoms with Crippen LogP contribution in [0.15, 0.2) is 30.3 Å². The maximum atomic E-state index is 11.4. The first-order chi connectivity index (χ1) is 10.9. The van der Waals surface area contributed by atoms with E-state index in [2.05, 4.69) is 37.9 Å². The highest BCUT2D eigenvalue weighted by Crippen LogP contribution is 2.48. The standard InChI is InChI=1S/C19H20N2O2/c1-19(2)10-15-14-9-12-5-4-6-17(21(22)23)18(12)13(14)7-8-16(15)20(3)11-19/h4-8H,9-11H2,1-3H3. The smallest absolute Gasteiger partial charge is 0.277 e. The average molecular weight is 308 g/mol. The molecule has 0 bridgehead atoms. The maximum absolute atomic E-state index is 11.4. The van der Waals surface area contributed by atoms with Crippen molar-refractivity contribution in [3.8, 4) is 11.1 Å². The van der Waals surface area contributed by atoms with E-state index in [1.165, 1.54) is 16.8 Å². The largest absolute Gasteiger partial charge is 0.374 e. The van der Waals surface area contributed by atoms with Gasteiger partial charge in [0, 0.05) is 25.3 Å². The van der Waals surface area contributed by atoms with E-state index in [1.807, 2.05) is 6.07 Å². The van der Waals surface area contributed by atoms with E-state index in [-0.39, 0.29) is 16.0 Å². The van der Waals surface area contributed by atoms with Gasteiger partial charge >= 0.3 is 0 Å². The minimum atomic E-state index is -0.260. The van der Waals surface area contributed by atoms with Crippen LogP contribution in [0.3, 0.4) is 0 Å². The molecular weight excluding hydrogens is 288 g/mol. The van der Waals surface area contributed by atoms with Gasteiger partial charge in [-0.1, -0.05) is 32.0 Å². The summed E-state index contributed by atoms with van der Waals surface area (Å²) in [7, 11) is 2.14. The monoisotopic (exact) mass is 308 g/mol. The Hall–Kier alpha value is -2.36. The van der Waals surface area contributed by atoms with Crippen molar-refractivity contribution in [3.63, 3.8) is 0 Å². The van der Waals surface area contributed by atoms with Crippen LogP contribution < -0.4 is 4.90 Å². The zero-order valence-corrected chi connectivity index (χ0v) is 13.7. The lowest BCUT2D eigenvalue weighted by atomic mass is 9.79. The Morgan fingerprint density at radius 3 is 2.70 bits per heavy atom. The van der Waals surface area contributed by atoms with Gasteiger partial charge in [-0.15, -0.1) is 0 Å². The SMILES string of the molecule is CN1CC(C)(C)Cc2c1ccc1c2Cc2cccc([N+](=O)[O-])c2-1. The number of nitro groups is 1. The van der Waals surface area contributed by atoms with Gasteiger partial charge < -0.3 is 4.90 Å². The highest BCUT2D eigenvalue weighted by Gasteiger charge is 2.35. The molecule has 0 fully saturated rings. The Balaban J connectivity index is 1.95. The maximum Gasteiger partial charge on any atom is 0.277 e. The third-order valence-electron chi connectivity index (χ3n) is 5.10. The number of nitrogens with zero attached hydrogens (tertiary/aromatic N) is 2. The third-order valence-corrected chi connectivity index (χ3v) is 5.10. The normalized spacial score (nSPS) is 17.4. The molecule has 1 aliphatic carbocycles. The first kappa shape index (κ1) is 14.2. The molecule has 0 spiro atoms. The van der Waals surface area contributed by atoms with Crippen molar-refractivity contribution in [1.82, 2.24) is 0 Å². The first-order valence-electron chi connectivity index (χ1n) is 8.00. The quantitative estimate of drug-likeness (QED) is 0.500. The minimum Gasteiger partial charge on any atom is -0.374 e. The second-order valence-electron chi connectivity index (χ2n) is 7.53. The summed E-state index contributed by atoms with van der Waals surface area (Å²) in [6.45, 7) is 5.61. The van der Waals surface area contributed by atoms with Crippen LogP contribution in [-0.2, 0) is 12.8 Å². The van der Waals surface area contributed by atoms with Gasteiger partial charge in [0.15, 0.2) is 0 Å². The molecule has 0 unspecified atom stereocenters. The second-order valence-corrected chi connectivity index (χ2v) is 7.53. The van der Waals surface area contributed by atoms with Crippen LogP contribution in [0, 0.1) is 15.5 Å². The summed E-state index contributed by atoms with van der Waals surface area (Å²) in [5.41, 5.74) is 7.32. The third kappa shape index (κ3) is 2.05. The molecule has 0 atom stereocenters. The topological polar surface area (TPSA) is 46.4 Å². The van der Waals surface area contributed by atoms with E-state index >= 15 is 0 Å². The van der Waals surface area contributed by atoms with E-state index in [1.54, 1.807) is 12.1 Å². The van der Waals surface area contributed by atoms with Crippen LogP contribution >= 0.6 is 0 Å². The number of fused-ring (bicyclic) bond motifs is 5. The van der Waals surface area contributed by atoms with Crippen molar-refractivity contribution < 1.29 is 4.92 Å². The highest BCUT2D eigenvalue weighted by atomic mass is 16.6. The molecule has 4 heteroatoms. The summed E-state index contributed by atoms with van der Waals surface area (Å²) in [6, 6.07) is 9.64. The minimum absolute atomic E-state index is 0.220. The molecule has 0 N–H and O–H groups in total. The summed E-state index contributed by atoms with van der Waals surface area (Å²) >= 11 is 0. The van der Waals surface area contributed by atoms with Crippen LogP contribution in [0.1, 0.15) is 30.5 Å². The second kappa shape index (κ2) is 4.57. The Kier molecular flexibility index (Phi) is 2.83. The van der Waals surface area contributed by atoms with E-state index in [0.717, 1.165) is 36.1 Å². The number of hydrogen-bond acceptors (Lipinski definition) is 3. The van der Waals surface area contributed by atoms with Crippen LogP contribution in [0.2, 0.25) is 0 Å². The number of benzene rings is 2. The van der Waals surface area contributed by atoms with Gasteiger partial charge in [0.25, 0.3) is 5.69 Å². The molecule has 0 saturated carbocycles. The molecule has 4 nitrogen and oxygen atoms in total. The molecule has 1 heterocycles. The van der Waals surface area contributed by atoms with E-state index in [9.17, 15) is 10.1 Å². The number of nitro benzene ring substituents is 1. The molecule has 2 aromatic carbocycles. The molecule has 0 saturated heterocycles. The van der Waals surface area contributed by atoms with Crippen molar-refractivity contribution in [1.29, 1.82) is 0 Å². The molecule has 2 aliphatic rings. The lowest BCUT2D eigenvalue weighted by Crippen LogP contribution is -2.38. The Bertz CT molecular complexity index is 840. The van der Waals surface area contributed by atoms with E-state index in [0.29, 0.717) is 0 Å². The predicted molar refractivity (Wildman–Crippen MR) is 92.1 cm³/mol. The van der Waals surface area contributed by atoms with E-state index in [4.69, 9.17) is 0 Å². The van der Waals surface area contributed by atoms with Gasteiger partial charge in [-0.25, -0.2) is 0 Å². The van der Waals surface area contributed by atoms with Crippen molar-refractivity contribution in [3.05, 3.63) is 57.1 Å². The molecule has 0 aromatic heterocycles. The predicted octanol–water partition coefficient (Wildman–Crippen LogP) is 4.18.